The van der Waals surface area contributed by atoms with Crippen molar-refractivity contribution < 1.29 is 30.3 Å². The number of rotatable bonds is 7. The molecule has 5 heteroatoms. The number of benzene rings is 7. The van der Waals surface area contributed by atoms with Gasteiger partial charge in [-0.15, -0.1) is 29.3 Å². The summed E-state index contributed by atoms with van der Waals surface area (Å²) in [6, 6.07) is 53.0. The van der Waals surface area contributed by atoms with Crippen molar-refractivity contribution in [2.45, 2.75) is 80.0 Å². The van der Waals surface area contributed by atoms with Crippen LogP contribution in [0, 0.1) is 33.7 Å². The zero-order chi connectivity index (χ0) is 47.6. The van der Waals surface area contributed by atoms with Gasteiger partial charge in [0, 0.05) is 37.1 Å². The number of pyridine rings is 1. The third-order valence-electron chi connectivity index (χ3n) is 12.3. The van der Waals surface area contributed by atoms with Crippen LogP contribution in [0.15, 0.2) is 152 Å². The Morgan fingerprint density at radius 2 is 1.29 bits per heavy atom. The Bertz CT molecular complexity index is 3340. The molecule has 0 bridgehead atoms. The van der Waals surface area contributed by atoms with Gasteiger partial charge < -0.3 is 5.11 Å². The Balaban J connectivity index is 0.00000625. The number of aromatic nitrogens is 3. The number of phenols is 1. The van der Waals surface area contributed by atoms with Crippen LogP contribution in [0.2, 0.25) is 0 Å². The van der Waals surface area contributed by atoms with E-state index in [9.17, 15) is 5.11 Å². The molecule has 0 atom stereocenters. The van der Waals surface area contributed by atoms with Crippen molar-refractivity contribution in [2.75, 3.05) is 0 Å². The molecular weight excluding hydrogens is 974 g/mol. The third-order valence-corrected chi connectivity index (χ3v) is 12.3. The van der Waals surface area contributed by atoms with Crippen LogP contribution in [-0.2, 0) is 31.9 Å². The van der Waals surface area contributed by atoms with Crippen molar-refractivity contribution in [1.82, 2.24) is 14.5 Å². The number of para-hydroxylation sites is 1. The van der Waals surface area contributed by atoms with E-state index in [0.29, 0.717) is 33.7 Å². The second-order valence-electron chi connectivity index (χ2n) is 19.2. The summed E-state index contributed by atoms with van der Waals surface area (Å²) in [5.41, 5.74) is 16.4. The van der Waals surface area contributed by atoms with E-state index in [2.05, 4.69) is 127 Å². The monoisotopic (exact) mass is 1030 g/mol. The van der Waals surface area contributed by atoms with Gasteiger partial charge in [0.15, 0.2) is 0 Å². The number of hydrogen-bond acceptors (Lipinski definition) is 3. The van der Waals surface area contributed by atoms with Gasteiger partial charge >= 0.3 is 0 Å². The number of phenolic OH excluding ortho intramolecular Hbond substituents is 1. The first-order chi connectivity index (χ1) is 31.8. The molecule has 0 aliphatic carbocycles. The van der Waals surface area contributed by atoms with E-state index in [1.807, 2.05) is 97.4 Å². The molecular formula is C60H56N3OPt-. The van der Waals surface area contributed by atoms with Gasteiger partial charge in [-0.1, -0.05) is 161 Å². The minimum absolute atomic E-state index is 0. The fraction of sp³-hybridized carbons (Fsp3) is 0.200. The van der Waals surface area contributed by atoms with Crippen LogP contribution >= 0.6 is 0 Å². The molecule has 0 fully saturated rings. The standard InChI is InChI=1S/C60H56N3O.Pt/c1-37-22-24-41(25-23-37)43-28-29-61-52(36-43)46-33-45(34-47(35-46)59(5,6)7)49-19-15-21-54-56(49)62-58(50-31-38(2)30-40(4)57(50)64)63(54)53-27-26-44(32-39(53)3)55-48(42-16-12-11-13-17-42)18-14-20-51(55)60(8,9)10;/h11-32,34-36,64H,1-10H3;/q-1;/i3D3;. The van der Waals surface area contributed by atoms with Crippen LogP contribution in [-0.4, -0.2) is 19.6 Å². The summed E-state index contributed by atoms with van der Waals surface area (Å²) in [4.78, 5) is 10.3. The number of aromatic hydroxyl groups is 1. The molecule has 1 N–H and O–H groups in total. The third kappa shape index (κ3) is 8.77. The van der Waals surface area contributed by atoms with Crippen LogP contribution in [0.1, 0.15) is 79.0 Å². The molecule has 0 amide bonds. The molecule has 2 aromatic heterocycles. The van der Waals surface area contributed by atoms with Crippen LogP contribution < -0.4 is 0 Å². The second-order valence-corrected chi connectivity index (χ2v) is 19.2. The van der Waals surface area contributed by atoms with Gasteiger partial charge in [-0.2, -0.15) is 0 Å². The average Bonchev–Trinajstić information content (AvgIpc) is 3.69. The van der Waals surface area contributed by atoms with Gasteiger partial charge in [0.25, 0.3) is 0 Å². The van der Waals surface area contributed by atoms with E-state index in [0.717, 1.165) is 72.5 Å². The number of hydrogen-bond donors (Lipinski definition) is 1. The van der Waals surface area contributed by atoms with Crippen LogP contribution in [0.4, 0.5) is 0 Å². The van der Waals surface area contributed by atoms with Gasteiger partial charge in [-0.05, 0) is 124 Å². The summed E-state index contributed by atoms with van der Waals surface area (Å²) >= 11 is 0. The summed E-state index contributed by atoms with van der Waals surface area (Å²) in [6.45, 7) is 16.6. The maximum Gasteiger partial charge on any atom is 0.148 e. The van der Waals surface area contributed by atoms with E-state index in [1.54, 1.807) is 0 Å². The number of aryl methyl sites for hydroxylation is 4. The molecule has 0 radical (unpaired) electrons. The van der Waals surface area contributed by atoms with Crippen molar-refractivity contribution in [3.8, 4) is 78.6 Å². The molecule has 4 nitrogen and oxygen atoms in total. The second kappa shape index (κ2) is 17.6. The number of fused-ring (bicyclic) bond motifs is 1. The number of imidazole rings is 1. The molecule has 0 aliphatic heterocycles. The molecule has 65 heavy (non-hydrogen) atoms. The van der Waals surface area contributed by atoms with Gasteiger partial charge in [-0.25, -0.2) is 4.98 Å². The molecule has 7 aromatic carbocycles. The molecule has 0 spiro atoms. The fourth-order valence-corrected chi connectivity index (χ4v) is 8.89. The van der Waals surface area contributed by atoms with E-state index in [1.165, 1.54) is 5.56 Å². The minimum Gasteiger partial charge on any atom is -0.507 e. The quantitative estimate of drug-likeness (QED) is 0.162. The van der Waals surface area contributed by atoms with E-state index < -0.39 is 6.85 Å². The topological polar surface area (TPSA) is 50.9 Å². The number of nitrogens with zero attached hydrogens (tertiary/aromatic N) is 3. The molecule has 0 saturated heterocycles. The van der Waals surface area contributed by atoms with E-state index in [4.69, 9.17) is 14.1 Å². The predicted molar refractivity (Wildman–Crippen MR) is 268 cm³/mol. The summed E-state index contributed by atoms with van der Waals surface area (Å²) < 4.78 is 29.4. The van der Waals surface area contributed by atoms with Gasteiger partial charge in [0.05, 0.1) is 22.3 Å². The zero-order valence-electron chi connectivity index (χ0n) is 41.5. The van der Waals surface area contributed by atoms with Crippen LogP contribution in [0.3, 0.4) is 0 Å². The summed E-state index contributed by atoms with van der Waals surface area (Å²) in [7, 11) is 0. The normalized spacial score (nSPS) is 12.7. The SMILES string of the molecule is [2H]C([2H])([2H])c1cc(-c2c(-c3ccccc3)cccc2C(C)(C)C)ccc1-n1c(-c2cc(C)cc(C)c2O)nc2c(-c3[c-]c(-c4cc(-c5ccc(C)cc5)ccn4)cc(C(C)(C)C)c3)cccc21.[Pt]. The smallest absolute Gasteiger partial charge is 0.148 e. The first-order valence-electron chi connectivity index (χ1n) is 23.5. The Labute approximate surface area is 403 Å². The summed E-state index contributed by atoms with van der Waals surface area (Å²) in [5.74, 6) is 0.523. The Morgan fingerprint density at radius 3 is 2.02 bits per heavy atom. The molecule has 328 valence electrons. The van der Waals surface area contributed by atoms with E-state index >= 15 is 0 Å². The van der Waals surface area contributed by atoms with Gasteiger partial charge in [0.2, 0.25) is 0 Å². The molecule has 9 rings (SSSR count). The molecule has 0 unspecified atom stereocenters. The maximum absolute atomic E-state index is 11.9. The van der Waals surface area contributed by atoms with Crippen molar-refractivity contribution in [3.05, 3.63) is 191 Å². The first-order valence-corrected chi connectivity index (χ1v) is 22.0. The molecule has 2 heterocycles. The van der Waals surface area contributed by atoms with Crippen LogP contribution in [0.25, 0.3) is 83.9 Å². The largest absolute Gasteiger partial charge is 0.507 e. The van der Waals surface area contributed by atoms with Gasteiger partial charge in [-0.3, -0.25) is 9.55 Å². The molecule has 0 saturated carbocycles. The predicted octanol–water partition coefficient (Wildman–Crippen LogP) is 15.8. The Hall–Kier alpha value is -6.35. The average molecular weight is 1030 g/mol. The molecule has 0 aliphatic rings. The van der Waals surface area contributed by atoms with E-state index in [-0.39, 0.29) is 43.2 Å². The van der Waals surface area contributed by atoms with Crippen molar-refractivity contribution in [3.63, 3.8) is 0 Å². The summed E-state index contributed by atoms with van der Waals surface area (Å²) in [5, 5.41) is 11.9. The maximum atomic E-state index is 11.9. The first kappa shape index (κ1) is 41.4. The zero-order valence-corrected chi connectivity index (χ0v) is 40.8. The summed E-state index contributed by atoms with van der Waals surface area (Å²) in [6.07, 6.45) is 1.85. The Kier molecular flexibility index (Phi) is 11.2. The Morgan fingerprint density at radius 1 is 0.585 bits per heavy atom. The van der Waals surface area contributed by atoms with Crippen LogP contribution in [0.5, 0.6) is 5.75 Å². The van der Waals surface area contributed by atoms with Crippen molar-refractivity contribution in [2.24, 2.45) is 0 Å². The van der Waals surface area contributed by atoms with Gasteiger partial charge in [0.1, 0.15) is 11.6 Å². The molecule has 9 aromatic rings. The van der Waals surface area contributed by atoms with Crippen molar-refractivity contribution >= 4 is 11.0 Å². The van der Waals surface area contributed by atoms with Crippen molar-refractivity contribution in [1.29, 1.82) is 0 Å². The fourth-order valence-electron chi connectivity index (χ4n) is 8.89. The minimum atomic E-state index is -2.53.